The normalized spacial score (nSPS) is 19.9. The summed E-state index contributed by atoms with van der Waals surface area (Å²) in [5.74, 6) is 0.567. The summed E-state index contributed by atoms with van der Waals surface area (Å²) in [6, 6.07) is 15.1. The highest BCUT2D eigenvalue weighted by Crippen LogP contribution is 2.39. The molecular formula is C22H22BrN3O3S. The minimum absolute atomic E-state index is 0.0329. The van der Waals surface area contributed by atoms with Crippen molar-refractivity contribution in [3.8, 4) is 5.75 Å². The van der Waals surface area contributed by atoms with Gasteiger partial charge in [0.1, 0.15) is 11.0 Å². The number of thioether (sulfide) groups is 1. The molecule has 1 saturated heterocycles. The Hall–Kier alpha value is -2.32. The molecule has 1 atom stereocenters. The molecule has 1 unspecified atom stereocenters. The summed E-state index contributed by atoms with van der Waals surface area (Å²) < 4.78 is 6.28. The summed E-state index contributed by atoms with van der Waals surface area (Å²) in [5.41, 5.74) is 1.46. The Labute approximate surface area is 188 Å². The third-order valence-corrected chi connectivity index (χ3v) is 6.61. The fourth-order valence-corrected chi connectivity index (χ4v) is 4.79. The third-order valence-electron chi connectivity index (χ3n) is 4.77. The van der Waals surface area contributed by atoms with E-state index in [0.29, 0.717) is 17.5 Å². The van der Waals surface area contributed by atoms with E-state index in [1.165, 1.54) is 11.8 Å². The molecule has 2 amide bonds. The van der Waals surface area contributed by atoms with E-state index in [1.807, 2.05) is 55.5 Å². The molecule has 156 valence electrons. The topological polar surface area (TPSA) is 71.0 Å². The minimum Gasteiger partial charge on any atom is -0.494 e. The molecule has 6 nitrogen and oxygen atoms in total. The van der Waals surface area contributed by atoms with Crippen LogP contribution in [0.3, 0.4) is 0 Å². The Kier molecular flexibility index (Phi) is 6.43. The molecule has 8 heteroatoms. The van der Waals surface area contributed by atoms with Gasteiger partial charge in [-0.25, -0.2) is 4.99 Å². The van der Waals surface area contributed by atoms with Gasteiger partial charge < -0.3 is 10.1 Å². The number of aliphatic imine (C=N–C) groups is 1. The van der Waals surface area contributed by atoms with Crippen LogP contribution >= 0.6 is 27.7 Å². The minimum atomic E-state index is -0.463. The summed E-state index contributed by atoms with van der Waals surface area (Å²) in [4.78, 5) is 32.0. The van der Waals surface area contributed by atoms with Crippen LogP contribution in [0.1, 0.15) is 26.2 Å². The lowest BCUT2D eigenvalue weighted by Crippen LogP contribution is -2.35. The van der Waals surface area contributed by atoms with Crippen molar-refractivity contribution in [2.24, 2.45) is 4.99 Å². The molecule has 4 rings (SSSR count). The smallest absolute Gasteiger partial charge is 0.242 e. The molecule has 2 aliphatic rings. The molecule has 0 aromatic heterocycles. The zero-order chi connectivity index (χ0) is 21.1. The number of rotatable bonds is 7. The Balaban J connectivity index is 1.47. The van der Waals surface area contributed by atoms with Gasteiger partial charge in [-0.15, -0.1) is 0 Å². The number of anilines is 1. The van der Waals surface area contributed by atoms with E-state index in [2.05, 4.69) is 21.2 Å². The molecule has 30 heavy (non-hydrogen) atoms. The lowest BCUT2D eigenvalue weighted by molar-refractivity contribution is -0.128. The maximum atomic E-state index is 13.0. The fraction of sp³-hybridized carbons (Fsp3) is 0.318. The maximum absolute atomic E-state index is 13.0. The van der Waals surface area contributed by atoms with Gasteiger partial charge in [-0.05, 0) is 72.1 Å². The number of nitrogens with one attached hydrogen (secondary N) is 1. The number of nitrogens with zero attached hydrogens (tertiary/aromatic N) is 2. The van der Waals surface area contributed by atoms with Crippen molar-refractivity contribution in [3.63, 3.8) is 0 Å². The molecule has 2 fully saturated rings. The number of hydrogen-bond acceptors (Lipinski definition) is 5. The monoisotopic (exact) mass is 487 g/mol. The highest BCUT2D eigenvalue weighted by molar-refractivity contribution is 9.10. The van der Waals surface area contributed by atoms with E-state index in [1.54, 1.807) is 4.90 Å². The Morgan fingerprint density at radius 3 is 2.63 bits per heavy atom. The SMILES string of the molecule is CCOc1ccc(N=C2SC(CC(=O)Nc3ccccc3Br)C(=O)N2C2CC2)cc1. The van der Waals surface area contributed by atoms with Crippen molar-refractivity contribution in [2.45, 2.75) is 37.5 Å². The molecule has 1 N–H and O–H groups in total. The second-order valence-electron chi connectivity index (χ2n) is 7.10. The number of hydrogen-bond donors (Lipinski definition) is 1. The molecule has 0 spiro atoms. The number of benzene rings is 2. The largest absolute Gasteiger partial charge is 0.494 e. The van der Waals surface area contributed by atoms with Crippen molar-refractivity contribution in [2.75, 3.05) is 11.9 Å². The zero-order valence-electron chi connectivity index (χ0n) is 16.5. The number of halogens is 1. The standard InChI is InChI=1S/C22H22BrN3O3S/c1-2-29-16-11-7-14(8-12-16)24-22-26(15-9-10-15)21(28)19(30-22)13-20(27)25-18-6-4-3-5-17(18)23/h3-8,11-12,15,19H,2,9-10,13H2,1H3,(H,25,27). The number of amidine groups is 1. The van der Waals surface area contributed by atoms with Crippen LogP contribution in [0.5, 0.6) is 5.75 Å². The lowest BCUT2D eigenvalue weighted by Gasteiger charge is -2.15. The predicted octanol–water partition coefficient (Wildman–Crippen LogP) is 4.97. The molecule has 0 bridgehead atoms. The Bertz CT molecular complexity index is 976. The van der Waals surface area contributed by atoms with Gasteiger partial charge in [0.2, 0.25) is 11.8 Å². The van der Waals surface area contributed by atoms with Crippen molar-refractivity contribution < 1.29 is 14.3 Å². The second-order valence-corrected chi connectivity index (χ2v) is 9.12. The van der Waals surface area contributed by atoms with Gasteiger partial charge in [-0.3, -0.25) is 14.5 Å². The number of amides is 2. The molecule has 2 aromatic carbocycles. The summed E-state index contributed by atoms with van der Waals surface area (Å²) >= 11 is 4.79. The van der Waals surface area contributed by atoms with Crippen LogP contribution in [0.15, 0.2) is 58.0 Å². The van der Waals surface area contributed by atoms with E-state index >= 15 is 0 Å². The molecular weight excluding hydrogens is 466 g/mol. The van der Waals surface area contributed by atoms with Gasteiger partial charge in [0.25, 0.3) is 0 Å². The first-order valence-electron chi connectivity index (χ1n) is 9.91. The van der Waals surface area contributed by atoms with E-state index in [0.717, 1.165) is 28.8 Å². The van der Waals surface area contributed by atoms with Crippen LogP contribution in [-0.4, -0.2) is 39.8 Å². The van der Waals surface area contributed by atoms with Gasteiger partial charge in [0.15, 0.2) is 5.17 Å². The summed E-state index contributed by atoms with van der Waals surface area (Å²) in [7, 11) is 0. The van der Waals surface area contributed by atoms with Crippen molar-refractivity contribution in [1.82, 2.24) is 4.90 Å². The lowest BCUT2D eigenvalue weighted by atomic mass is 10.2. The summed E-state index contributed by atoms with van der Waals surface area (Å²) in [5, 5.41) is 3.08. The van der Waals surface area contributed by atoms with Gasteiger partial charge in [0.05, 0.1) is 18.0 Å². The molecule has 2 aromatic rings. The van der Waals surface area contributed by atoms with E-state index in [9.17, 15) is 9.59 Å². The van der Waals surface area contributed by atoms with Gasteiger partial charge in [-0.1, -0.05) is 23.9 Å². The number of para-hydroxylation sites is 1. The highest BCUT2D eigenvalue weighted by Gasteiger charge is 2.46. The molecule has 1 heterocycles. The van der Waals surface area contributed by atoms with Crippen LogP contribution in [0.2, 0.25) is 0 Å². The van der Waals surface area contributed by atoms with Crippen molar-refractivity contribution >= 4 is 56.0 Å². The highest BCUT2D eigenvalue weighted by atomic mass is 79.9. The van der Waals surface area contributed by atoms with Crippen LogP contribution in [-0.2, 0) is 9.59 Å². The van der Waals surface area contributed by atoms with Crippen LogP contribution in [0.25, 0.3) is 0 Å². The number of ether oxygens (including phenoxy) is 1. The van der Waals surface area contributed by atoms with Crippen LogP contribution in [0, 0.1) is 0 Å². The van der Waals surface area contributed by atoms with Gasteiger partial charge in [-0.2, -0.15) is 0 Å². The Morgan fingerprint density at radius 2 is 1.97 bits per heavy atom. The van der Waals surface area contributed by atoms with Gasteiger partial charge >= 0.3 is 0 Å². The quantitative estimate of drug-likeness (QED) is 0.598. The first kappa shape index (κ1) is 20.9. The number of carbonyl (C=O) groups is 2. The summed E-state index contributed by atoms with van der Waals surface area (Å²) in [6.07, 6.45) is 2.06. The van der Waals surface area contributed by atoms with Crippen LogP contribution < -0.4 is 10.1 Å². The van der Waals surface area contributed by atoms with Gasteiger partial charge in [0, 0.05) is 16.9 Å². The fourth-order valence-electron chi connectivity index (χ4n) is 3.19. The zero-order valence-corrected chi connectivity index (χ0v) is 18.9. The molecule has 1 aliphatic carbocycles. The van der Waals surface area contributed by atoms with E-state index in [4.69, 9.17) is 9.73 Å². The summed E-state index contributed by atoms with van der Waals surface area (Å²) in [6.45, 7) is 2.55. The maximum Gasteiger partial charge on any atom is 0.242 e. The molecule has 0 radical (unpaired) electrons. The first-order valence-corrected chi connectivity index (χ1v) is 11.6. The third kappa shape index (κ3) is 4.87. The molecule has 1 aliphatic heterocycles. The first-order chi connectivity index (χ1) is 14.5. The number of carbonyl (C=O) groups excluding carboxylic acids is 2. The second kappa shape index (κ2) is 9.22. The molecule has 1 saturated carbocycles. The van der Waals surface area contributed by atoms with Crippen molar-refractivity contribution in [3.05, 3.63) is 53.0 Å². The predicted molar refractivity (Wildman–Crippen MR) is 123 cm³/mol. The van der Waals surface area contributed by atoms with Crippen molar-refractivity contribution in [1.29, 1.82) is 0 Å². The average molecular weight is 488 g/mol. The van der Waals surface area contributed by atoms with Crippen LogP contribution in [0.4, 0.5) is 11.4 Å². The van der Waals surface area contributed by atoms with E-state index in [-0.39, 0.29) is 24.3 Å². The van der Waals surface area contributed by atoms with E-state index < -0.39 is 5.25 Å². The Morgan fingerprint density at radius 1 is 1.23 bits per heavy atom. The average Bonchev–Trinajstić information content (AvgIpc) is 3.51.